The molecule has 11 heavy (non-hydrogen) atoms. The van der Waals surface area contributed by atoms with Gasteiger partial charge >= 0.3 is 11.9 Å². The summed E-state index contributed by atoms with van der Waals surface area (Å²) in [5.41, 5.74) is 0.146. The molecule has 62 valence electrons. The molecule has 0 aliphatic rings. The van der Waals surface area contributed by atoms with E-state index >= 15 is 0 Å². The maximum atomic E-state index is 10.3. The highest BCUT2D eigenvalue weighted by Crippen LogP contribution is 2.04. The van der Waals surface area contributed by atoms with Gasteiger partial charge in [0.1, 0.15) is 0 Å². The molecule has 0 aromatic heterocycles. The summed E-state index contributed by atoms with van der Waals surface area (Å²) in [5.74, 6) is -2.03. The van der Waals surface area contributed by atoms with Gasteiger partial charge in [-0.05, 0) is 13.3 Å². The summed E-state index contributed by atoms with van der Waals surface area (Å²) in [7, 11) is 0. The molecule has 0 aliphatic heterocycles. The van der Waals surface area contributed by atoms with Crippen LogP contribution in [0.2, 0.25) is 0 Å². The Morgan fingerprint density at radius 2 is 1.82 bits per heavy atom. The summed E-state index contributed by atoms with van der Waals surface area (Å²) >= 11 is 0. The summed E-state index contributed by atoms with van der Waals surface area (Å²) in [6, 6.07) is 0. The summed E-state index contributed by atoms with van der Waals surface area (Å²) in [6.07, 6.45) is 1.36. The SMILES string of the molecule is CC=C(CCC(=O)O)C(=O)O. The van der Waals surface area contributed by atoms with Crippen LogP contribution in [0.4, 0.5) is 0 Å². The monoisotopic (exact) mass is 158 g/mol. The second-order valence-corrected chi connectivity index (χ2v) is 2.01. The molecule has 0 amide bonds. The minimum atomic E-state index is -1.05. The van der Waals surface area contributed by atoms with Gasteiger partial charge in [0, 0.05) is 12.0 Å². The van der Waals surface area contributed by atoms with Crippen LogP contribution in [-0.2, 0) is 9.59 Å². The molecule has 0 rings (SSSR count). The molecular weight excluding hydrogens is 148 g/mol. The zero-order chi connectivity index (χ0) is 8.85. The van der Waals surface area contributed by atoms with Crippen LogP contribution in [0.3, 0.4) is 0 Å². The molecule has 4 nitrogen and oxygen atoms in total. The van der Waals surface area contributed by atoms with Gasteiger partial charge in [0.25, 0.3) is 0 Å². The van der Waals surface area contributed by atoms with E-state index in [2.05, 4.69) is 0 Å². The molecule has 2 N–H and O–H groups in total. The van der Waals surface area contributed by atoms with E-state index in [1.165, 1.54) is 6.08 Å². The van der Waals surface area contributed by atoms with E-state index < -0.39 is 11.9 Å². The summed E-state index contributed by atoms with van der Waals surface area (Å²) < 4.78 is 0. The standard InChI is InChI=1S/C7H10O4/c1-2-5(7(10)11)3-4-6(8)9/h2H,3-4H2,1H3,(H,8,9)(H,10,11). The highest BCUT2D eigenvalue weighted by atomic mass is 16.4. The van der Waals surface area contributed by atoms with Crippen molar-refractivity contribution in [2.45, 2.75) is 19.8 Å². The summed E-state index contributed by atoms with van der Waals surface area (Å²) in [5, 5.41) is 16.6. The van der Waals surface area contributed by atoms with Gasteiger partial charge in [-0.15, -0.1) is 0 Å². The van der Waals surface area contributed by atoms with Crippen LogP contribution in [0.5, 0.6) is 0 Å². The first kappa shape index (κ1) is 9.68. The summed E-state index contributed by atoms with van der Waals surface area (Å²) in [4.78, 5) is 20.3. The largest absolute Gasteiger partial charge is 0.481 e. The van der Waals surface area contributed by atoms with Crippen molar-refractivity contribution >= 4 is 11.9 Å². The van der Waals surface area contributed by atoms with Crippen molar-refractivity contribution in [2.24, 2.45) is 0 Å². The lowest BCUT2D eigenvalue weighted by molar-refractivity contribution is -0.137. The van der Waals surface area contributed by atoms with Crippen LogP contribution in [0, 0.1) is 0 Å². The van der Waals surface area contributed by atoms with Crippen LogP contribution >= 0.6 is 0 Å². The topological polar surface area (TPSA) is 74.6 Å². The van der Waals surface area contributed by atoms with Crippen LogP contribution in [-0.4, -0.2) is 22.2 Å². The van der Waals surface area contributed by atoms with E-state index in [1.807, 2.05) is 0 Å². The Hall–Kier alpha value is -1.32. The predicted molar refractivity (Wildman–Crippen MR) is 38.3 cm³/mol. The summed E-state index contributed by atoms with van der Waals surface area (Å²) in [6.45, 7) is 1.57. The van der Waals surface area contributed by atoms with E-state index in [1.54, 1.807) is 6.92 Å². The minimum Gasteiger partial charge on any atom is -0.481 e. The Morgan fingerprint density at radius 1 is 1.27 bits per heavy atom. The lowest BCUT2D eigenvalue weighted by atomic mass is 10.1. The maximum Gasteiger partial charge on any atom is 0.331 e. The third kappa shape index (κ3) is 4.13. The first-order valence-electron chi connectivity index (χ1n) is 3.18. The molecule has 0 aliphatic carbocycles. The molecule has 0 saturated carbocycles. The van der Waals surface area contributed by atoms with Crippen molar-refractivity contribution < 1.29 is 19.8 Å². The van der Waals surface area contributed by atoms with E-state index in [4.69, 9.17) is 10.2 Å². The van der Waals surface area contributed by atoms with Gasteiger partial charge in [0.2, 0.25) is 0 Å². The predicted octanol–water partition coefficient (Wildman–Crippen LogP) is 0.882. The quantitative estimate of drug-likeness (QED) is 0.595. The second kappa shape index (κ2) is 4.49. The van der Waals surface area contributed by atoms with Gasteiger partial charge < -0.3 is 10.2 Å². The highest BCUT2D eigenvalue weighted by molar-refractivity contribution is 5.87. The first-order valence-corrected chi connectivity index (χ1v) is 3.18. The molecular formula is C7H10O4. The van der Waals surface area contributed by atoms with Crippen molar-refractivity contribution in [3.8, 4) is 0 Å². The molecule has 4 heteroatoms. The molecule has 0 fully saturated rings. The van der Waals surface area contributed by atoms with Gasteiger partial charge in [-0.2, -0.15) is 0 Å². The maximum absolute atomic E-state index is 10.3. The van der Waals surface area contributed by atoms with Crippen LogP contribution in [0.1, 0.15) is 19.8 Å². The first-order chi connectivity index (χ1) is 5.07. The fraction of sp³-hybridized carbons (Fsp3) is 0.429. The number of rotatable bonds is 4. The van der Waals surface area contributed by atoms with Crippen LogP contribution < -0.4 is 0 Å². The third-order valence-corrected chi connectivity index (χ3v) is 1.23. The van der Waals surface area contributed by atoms with Crippen molar-refractivity contribution in [2.75, 3.05) is 0 Å². The molecule has 0 heterocycles. The van der Waals surface area contributed by atoms with E-state index in [0.717, 1.165) is 0 Å². The van der Waals surface area contributed by atoms with Gasteiger partial charge in [0.05, 0.1) is 0 Å². The second-order valence-electron chi connectivity index (χ2n) is 2.01. The van der Waals surface area contributed by atoms with Gasteiger partial charge in [0.15, 0.2) is 0 Å². The number of allylic oxidation sites excluding steroid dienone is 1. The van der Waals surface area contributed by atoms with E-state index in [0.29, 0.717) is 0 Å². The van der Waals surface area contributed by atoms with Gasteiger partial charge in [-0.25, -0.2) is 4.79 Å². The molecule has 0 unspecified atom stereocenters. The van der Waals surface area contributed by atoms with Crippen molar-refractivity contribution in [3.63, 3.8) is 0 Å². The lowest BCUT2D eigenvalue weighted by Crippen LogP contribution is -2.03. The fourth-order valence-corrected chi connectivity index (χ4v) is 0.616. The number of hydrogen-bond donors (Lipinski definition) is 2. The zero-order valence-electron chi connectivity index (χ0n) is 6.20. The average Bonchev–Trinajstić information content (AvgIpc) is 1.87. The van der Waals surface area contributed by atoms with E-state index in [9.17, 15) is 9.59 Å². The normalized spacial score (nSPS) is 11.2. The van der Waals surface area contributed by atoms with Gasteiger partial charge in [-0.3, -0.25) is 4.79 Å². The number of carboxylic acid groups (broad SMARTS) is 2. The Balaban J connectivity index is 3.92. The molecule has 0 radical (unpaired) electrons. The molecule has 0 spiro atoms. The Labute approximate surface area is 64.2 Å². The lowest BCUT2D eigenvalue weighted by Gasteiger charge is -1.96. The van der Waals surface area contributed by atoms with Crippen molar-refractivity contribution in [1.82, 2.24) is 0 Å². The number of carbonyl (C=O) groups is 2. The molecule has 0 atom stereocenters. The molecule has 0 aromatic rings. The fourth-order valence-electron chi connectivity index (χ4n) is 0.616. The van der Waals surface area contributed by atoms with Crippen LogP contribution in [0.25, 0.3) is 0 Å². The zero-order valence-corrected chi connectivity index (χ0v) is 6.20. The Bertz CT molecular complexity index is 193. The third-order valence-electron chi connectivity index (χ3n) is 1.23. The number of hydrogen-bond acceptors (Lipinski definition) is 2. The number of aliphatic carboxylic acids is 2. The Morgan fingerprint density at radius 3 is 2.09 bits per heavy atom. The average molecular weight is 158 g/mol. The number of carboxylic acids is 2. The molecule has 0 bridgehead atoms. The minimum absolute atomic E-state index is 0.0845. The smallest absolute Gasteiger partial charge is 0.331 e. The Kier molecular flexibility index (Phi) is 3.95. The molecule has 0 aromatic carbocycles. The molecule has 0 saturated heterocycles. The van der Waals surface area contributed by atoms with Crippen LogP contribution in [0.15, 0.2) is 11.6 Å². The van der Waals surface area contributed by atoms with Crippen molar-refractivity contribution in [3.05, 3.63) is 11.6 Å². The van der Waals surface area contributed by atoms with E-state index in [-0.39, 0.29) is 18.4 Å². The van der Waals surface area contributed by atoms with Crippen molar-refractivity contribution in [1.29, 1.82) is 0 Å². The highest BCUT2D eigenvalue weighted by Gasteiger charge is 2.07. The van der Waals surface area contributed by atoms with Gasteiger partial charge in [-0.1, -0.05) is 6.08 Å².